The Kier molecular flexibility index (Phi) is 6.59. The highest BCUT2D eigenvalue weighted by molar-refractivity contribution is 7.80. The zero-order valence-electron chi connectivity index (χ0n) is 17.0. The minimum atomic E-state index is -0.503. The van der Waals surface area contributed by atoms with E-state index < -0.39 is 11.8 Å². The molecule has 0 saturated carbocycles. The third-order valence-corrected chi connectivity index (χ3v) is 5.55. The van der Waals surface area contributed by atoms with Gasteiger partial charge in [0.05, 0.1) is 23.8 Å². The standard InChI is InChI=1S/C22H18ClN3O4S/c1-25-20(27)16(21(28)26(2)22(25)31)8-13-9-17(23)19(18(10-13)29-3)30-12-15-7-5-4-6-14(15)11-24/h4-10H,12H2,1-3H3. The van der Waals surface area contributed by atoms with Crippen molar-refractivity contribution in [2.45, 2.75) is 6.61 Å². The van der Waals surface area contributed by atoms with E-state index >= 15 is 0 Å². The summed E-state index contributed by atoms with van der Waals surface area (Å²) in [4.78, 5) is 27.5. The molecular weight excluding hydrogens is 438 g/mol. The largest absolute Gasteiger partial charge is 0.493 e. The number of likely N-dealkylation sites (N-methyl/N-ethyl adjacent to an activating group) is 2. The van der Waals surface area contributed by atoms with E-state index in [-0.39, 0.29) is 28.1 Å². The van der Waals surface area contributed by atoms with Crippen LogP contribution in [0.25, 0.3) is 6.08 Å². The molecule has 0 aliphatic carbocycles. The van der Waals surface area contributed by atoms with E-state index in [0.29, 0.717) is 22.4 Å². The Morgan fingerprint density at radius 2 is 1.81 bits per heavy atom. The van der Waals surface area contributed by atoms with E-state index in [1.165, 1.54) is 37.1 Å². The molecule has 2 amide bonds. The van der Waals surface area contributed by atoms with Gasteiger partial charge in [-0.3, -0.25) is 19.4 Å². The zero-order valence-corrected chi connectivity index (χ0v) is 18.6. The maximum atomic E-state index is 12.5. The molecular formula is C22H18ClN3O4S. The van der Waals surface area contributed by atoms with Crippen LogP contribution in [0.3, 0.4) is 0 Å². The van der Waals surface area contributed by atoms with Gasteiger partial charge in [-0.05, 0) is 42.1 Å². The van der Waals surface area contributed by atoms with Crippen molar-refractivity contribution in [2.75, 3.05) is 21.2 Å². The fourth-order valence-electron chi connectivity index (χ4n) is 3.01. The highest BCUT2D eigenvalue weighted by atomic mass is 35.5. The molecule has 0 aromatic heterocycles. The van der Waals surface area contributed by atoms with Crippen LogP contribution in [0, 0.1) is 11.3 Å². The number of hydrogen-bond acceptors (Lipinski definition) is 6. The molecule has 0 unspecified atom stereocenters. The van der Waals surface area contributed by atoms with Crippen molar-refractivity contribution < 1.29 is 19.1 Å². The van der Waals surface area contributed by atoms with Crippen LogP contribution in [0.1, 0.15) is 16.7 Å². The topological polar surface area (TPSA) is 82.9 Å². The van der Waals surface area contributed by atoms with Gasteiger partial charge in [0.1, 0.15) is 12.2 Å². The molecule has 0 spiro atoms. The summed E-state index contributed by atoms with van der Waals surface area (Å²) in [5.74, 6) is -0.397. The molecule has 0 N–H and O–H groups in total. The van der Waals surface area contributed by atoms with Crippen LogP contribution >= 0.6 is 23.8 Å². The monoisotopic (exact) mass is 455 g/mol. The number of nitriles is 1. The maximum absolute atomic E-state index is 12.5. The number of hydrogen-bond donors (Lipinski definition) is 0. The number of thiocarbonyl (C=S) groups is 1. The quantitative estimate of drug-likeness (QED) is 0.390. The Morgan fingerprint density at radius 1 is 1.16 bits per heavy atom. The van der Waals surface area contributed by atoms with Gasteiger partial charge in [-0.15, -0.1) is 0 Å². The number of carbonyl (C=O) groups is 2. The average Bonchev–Trinajstić information content (AvgIpc) is 2.78. The van der Waals surface area contributed by atoms with Crippen LogP contribution in [0.5, 0.6) is 11.5 Å². The summed E-state index contributed by atoms with van der Waals surface area (Å²) in [7, 11) is 4.46. The first-order valence-electron chi connectivity index (χ1n) is 9.08. The number of rotatable bonds is 5. The molecule has 0 radical (unpaired) electrons. The van der Waals surface area contributed by atoms with Crippen LogP contribution in [0.15, 0.2) is 42.0 Å². The number of carbonyl (C=O) groups excluding carboxylic acids is 2. The summed E-state index contributed by atoms with van der Waals surface area (Å²) in [5.41, 5.74) is 1.64. The molecule has 1 aliphatic heterocycles. The first-order valence-corrected chi connectivity index (χ1v) is 9.87. The molecule has 0 bridgehead atoms. The van der Waals surface area contributed by atoms with E-state index in [0.717, 1.165) is 0 Å². The summed E-state index contributed by atoms with van der Waals surface area (Å²) in [6.45, 7) is 0.115. The van der Waals surface area contributed by atoms with Crippen LogP contribution < -0.4 is 9.47 Å². The number of benzene rings is 2. The molecule has 31 heavy (non-hydrogen) atoms. The molecule has 1 aliphatic rings. The molecule has 7 nitrogen and oxygen atoms in total. The van der Waals surface area contributed by atoms with Crippen molar-refractivity contribution in [2.24, 2.45) is 0 Å². The molecule has 1 saturated heterocycles. The highest BCUT2D eigenvalue weighted by Gasteiger charge is 2.35. The van der Waals surface area contributed by atoms with Gasteiger partial charge >= 0.3 is 0 Å². The van der Waals surface area contributed by atoms with E-state index in [2.05, 4.69) is 6.07 Å². The zero-order chi connectivity index (χ0) is 22.7. The first-order chi connectivity index (χ1) is 14.8. The highest BCUT2D eigenvalue weighted by Crippen LogP contribution is 2.38. The Labute approximate surface area is 190 Å². The van der Waals surface area contributed by atoms with E-state index in [1.807, 2.05) is 6.07 Å². The number of amides is 2. The van der Waals surface area contributed by atoms with Gasteiger partial charge in [0.15, 0.2) is 16.6 Å². The van der Waals surface area contributed by atoms with Crippen molar-refractivity contribution in [3.8, 4) is 17.6 Å². The normalized spacial score (nSPS) is 13.9. The predicted octanol–water partition coefficient (Wildman–Crippen LogP) is 3.40. The van der Waals surface area contributed by atoms with Crippen LogP contribution in [0.4, 0.5) is 0 Å². The lowest BCUT2D eigenvalue weighted by molar-refractivity contribution is -0.132. The van der Waals surface area contributed by atoms with Crippen LogP contribution in [-0.4, -0.2) is 47.9 Å². The first kappa shape index (κ1) is 22.3. The molecule has 2 aromatic carbocycles. The second-order valence-electron chi connectivity index (χ2n) is 6.66. The molecule has 3 rings (SSSR count). The van der Waals surface area contributed by atoms with Gasteiger partial charge in [-0.25, -0.2) is 0 Å². The fourth-order valence-corrected chi connectivity index (χ4v) is 3.45. The molecule has 1 fully saturated rings. The van der Waals surface area contributed by atoms with E-state index in [1.54, 1.807) is 30.3 Å². The number of halogens is 1. The molecule has 0 atom stereocenters. The smallest absolute Gasteiger partial charge is 0.265 e. The van der Waals surface area contributed by atoms with Gasteiger partial charge in [-0.1, -0.05) is 29.8 Å². The second kappa shape index (κ2) is 9.16. The average molecular weight is 456 g/mol. The SMILES string of the molecule is COc1cc(C=C2C(=O)N(C)C(=S)N(C)C2=O)cc(Cl)c1OCc1ccccc1C#N. The van der Waals surface area contributed by atoms with Crippen molar-refractivity contribution >= 4 is 46.8 Å². The Bertz CT molecular complexity index is 1130. The lowest BCUT2D eigenvalue weighted by atomic mass is 10.1. The third-order valence-electron chi connectivity index (χ3n) is 4.72. The summed E-state index contributed by atoms with van der Waals surface area (Å²) in [6.07, 6.45) is 1.43. The van der Waals surface area contributed by atoms with Gasteiger partial charge < -0.3 is 9.47 Å². The fraction of sp³-hybridized carbons (Fsp3) is 0.182. The van der Waals surface area contributed by atoms with Gasteiger partial charge in [0.25, 0.3) is 11.8 Å². The predicted molar refractivity (Wildman–Crippen MR) is 120 cm³/mol. The van der Waals surface area contributed by atoms with Gasteiger partial charge in [0.2, 0.25) is 0 Å². The Morgan fingerprint density at radius 3 is 2.42 bits per heavy atom. The Hall–Kier alpha value is -3.41. The molecule has 9 heteroatoms. The molecule has 158 valence electrons. The summed E-state index contributed by atoms with van der Waals surface area (Å²) < 4.78 is 11.2. The lowest BCUT2D eigenvalue weighted by Gasteiger charge is -2.31. The van der Waals surface area contributed by atoms with Crippen LogP contribution in [-0.2, 0) is 16.2 Å². The number of methoxy groups -OCH3 is 1. The van der Waals surface area contributed by atoms with Crippen LogP contribution in [0.2, 0.25) is 5.02 Å². The Balaban J connectivity index is 1.93. The number of ether oxygens (including phenoxy) is 2. The van der Waals surface area contributed by atoms with Crippen molar-refractivity contribution in [3.05, 3.63) is 63.7 Å². The summed E-state index contributed by atoms with van der Waals surface area (Å²) in [6, 6.07) is 12.4. The third kappa shape index (κ3) is 4.38. The maximum Gasteiger partial charge on any atom is 0.265 e. The minimum absolute atomic E-state index is 0.0478. The van der Waals surface area contributed by atoms with Crippen molar-refractivity contribution in [3.63, 3.8) is 0 Å². The summed E-state index contributed by atoms with van der Waals surface area (Å²) in [5, 5.41) is 9.59. The lowest BCUT2D eigenvalue weighted by Crippen LogP contribution is -2.52. The van der Waals surface area contributed by atoms with Gasteiger partial charge in [-0.2, -0.15) is 5.26 Å². The minimum Gasteiger partial charge on any atom is -0.493 e. The number of nitrogens with zero attached hydrogens (tertiary/aromatic N) is 3. The van der Waals surface area contributed by atoms with E-state index in [9.17, 15) is 14.9 Å². The van der Waals surface area contributed by atoms with Crippen molar-refractivity contribution in [1.82, 2.24) is 9.80 Å². The second-order valence-corrected chi connectivity index (χ2v) is 7.43. The molecule has 1 heterocycles. The molecule has 2 aromatic rings. The summed E-state index contributed by atoms with van der Waals surface area (Å²) >= 11 is 11.5. The van der Waals surface area contributed by atoms with Gasteiger partial charge in [0, 0.05) is 19.7 Å². The van der Waals surface area contributed by atoms with Crippen molar-refractivity contribution in [1.29, 1.82) is 5.26 Å². The van der Waals surface area contributed by atoms with E-state index in [4.69, 9.17) is 33.3 Å².